The Kier molecular flexibility index (Phi) is 3.74. The van der Waals surface area contributed by atoms with Crippen LogP contribution < -0.4 is 0 Å². The fraction of sp³-hybridized carbons (Fsp3) is 0.111. The average Bonchev–Trinajstić information content (AvgIpc) is 3.30. The SMILES string of the molecule is Cc1nnc(COC(=O)c2cc(-c3ccco3)nc3ccccc23)o1. The van der Waals surface area contributed by atoms with Crippen LogP contribution in [0.2, 0.25) is 0 Å². The van der Waals surface area contributed by atoms with Crippen molar-refractivity contribution in [3.05, 3.63) is 66.1 Å². The number of carbonyl (C=O) groups is 1. The molecule has 25 heavy (non-hydrogen) atoms. The molecule has 0 N–H and O–H groups in total. The molecule has 0 spiro atoms. The van der Waals surface area contributed by atoms with Gasteiger partial charge in [-0.3, -0.25) is 0 Å². The molecular formula is C18H13N3O4. The normalized spacial score (nSPS) is 10.9. The van der Waals surface area contributed by atoms with E-state index in [-0.39, 0.29) is 12.5 Å². The molecule has 0 atom stereocenters. The first-order valence-corrected chi connectivity index (χ1v) is 7.60. The number of benzene rings is 1. The van der Waals surface area contributed by atoms with E-state index in [0.29, 0.717) is 33.8 Å². The number of fused-ring (bicyclic) bond motifs is 1. The number of esters is 1. The van der Waals surface area contributed by atoms with Gasteiger partial charge in [-0.2, -0.15) is 0 Å². The molecule has 0 aliphatic rings. The van der Waals surface area contributed by atoms with E-state index in [4.69, 9.17) is 13.6 Å². The number of rotatable bonds is 4. The van der Waals surface area contributed by atoms with Crippen molar-refractivity contribution in [2.24, 2.45) is 0 Å². The van der Waals surface area contributed by atoms with Crippen molar-refractivity contribution in [3.8, 4) is 11.5 Å². The highest BCUT2D eigenvalue weighted by Gasteiger charge is 2.17. The highest BCUT2D eigenvalue weighted by molar-refractivity contribution is 6.04. The third-order valence-corrected chi connectivity index (χ3v) is 3.60. The number of hydrogen-bond acceptors (Lipinski definition) is 7. The maximum absolute atomic E-state index is 12.6. The van der Waals surface area contributed by atoms with Gasteiger partial charge in [-0.25, -0.2) is 9.78 Å². The highest BCUT2D eigenvalue weighted by atomic mass is 16.5. The number of furan rings is 1. The second-order valence-electron chi connectivity index (χ2n) is 5.34. The smallest absolute Gasteiger partial charge is 0.339 e. The van der Waals surface area contributed by atoms with Crippen molar-refractivity contribution >= 4 is 16.9 Å². The summed E-state index contributed by atoms with van der Waals surface area (Å²) in [7, 11) is 0. The van der Waals surface area contributed by atoms with Gasteiger partial charge in [0.15, 0.2) is 12.4 Å². The molecule has 0 saturated carbocycles. The van der Waals surface area contributed by atoms with Crippen molar-refractivity contribution in [1.29, 1.82) is 0 Å². The van der Waals surface area contributed by atoms with Crippen LogP contribution in [-0.4, -0.2) is 21.2 Å². The van der Waals surface area contributed by atoms with Gasteiger partial charge in [-0.05, 0) is 24.3 Å². The van der Waals surface area contributed by atoms with Gasteiger partial charge in [0.1, 0.15) is 5.69 Å². The summed E-state index contributed by atoms with van der Waals surface area (Å²) in [6.45, 7) is 1.58. The first-order valence-electron chi connectivity index (χ1n) is 7.60. The Balaban J connectivity index is 1.70. The van der Waals surface area contributed by atoms with E-state index in [2.05, 4.69) is 15.2 Å². The minimum absolute atomic E-state index is 0.0909. The van der Waals surface area contributed by atoms with Crippen LogP contribution in [0.3, 0.4) is 0 Å². The molecule has 1 aromatic carbocycles. The minimum Gasteiger partial charge on any atom is -0.463 e. The van der Waals surface area contributed by atoms with Crippen LogP contribution in [-0.2, 0) is 11.3 Å². The van der Waals surface area contributed by atoms with E-state index >= 15 is 0 Å². The minimum atomic E-state index is -0.498. The quantitative estimate of drug-likeness (QED) is 0.527. The van der Waals surface area contributed by atoms with Crippen molar-refractivity contribution in [2.75, 3.05) is 0 Å². The molecule has 0 amide bonds. The van der Waals surface area contributed by atoms with Crippen molar-refractivity contribution < 1.29 is 18.4 Å². The lowest BCUT2D eigenvalue weighted by atomic mass is 10.1. The maximum atomic E-state index is 12.6. The largest absolute Gasteiger partial charge is 0.463 e. The number of nitrogens with zero attached hydrogens (tertiary/aromatic N) is 3. The molecule has 0 unspecified atom stereocenters. The predicted molar refractivity (Wildman–Crippen MR) is 87.6 cm³/mol. The number of para-hydroxylation sites is 1. The second kappa shape index (κ2) is 6.20. The van der Waals surface area contributed by atoms with E-state index in [9.17, 15) is 4.79 Å². The molecular weight excluding hydrogens is 322 g/mol. The number of ether oxygens (including phenoxy) is 1. The molecule has 124 valence electrons. The van der Waals surface area contributed by atoms with Crippen molar-refractivity contribution in [1.82, 2.24) is 15.2 Å². The monoisotopic (exact) mass is 335 g/mol. The Labute approximate surface area is 142 Å². The summed E-state index contributed by atoms with van der Waals surface area (Å²) in [5.74, 6) is 0.741. The van der Waals surface area contributed by atoms with Crippen molar-refractivity contribution in [3.63, 3.8) is 0 Å². The Hall–Kier alpha value is -3.48. The summed E-state index contributed by atoms with van der Waals surface area (Å²) >= 11 is 0. The molecule has 0 aliphatic carbocycles. The van der Waals surface area contributed by atoms with Crippen LogP contribution >= 0.6 is 0 Å². The van der Waals surface area contributed by atoms with Crippen LogP contribution in [0.5, 0.6) is 0 Å². The molecule has 3 aromatic heterocycles. The van der Waals surface area contributed by atoms with Gasteiger partial charge >= 0.3 is 5.97 Å². The predicted octanol–water partition coefficient (Wildman–Crippen LogP) is 3.54. The first-order chi connectivity index (χ1) is 12.2. The Morgan fingerprint density at radius 2 is 2.04 bits per heavy atom. The standard InChI is InChI=1S/C18H13N3O4/c1-11-20-21-17(25-11)10-24-18(22)13-9-15(16-7-4-8-23-16)19-14-6-3-2-5-12(13)14/h2-9H,10H2,1H3. The molecule has 0 saturated heterocycles. The van der Waals surface area contributed by atoms with Gasteiger partial charge in [-0.1, -0.05) is 18.2 Å². The molecule has 4 rings (SSSR count). The third-order valence-electron chi connectivity index (χ3n) is 3.60. The van der Waals surface area contributed by atoms with E-state index in [0.717, 1.165) is 0 Å². The molecule has 0 aliphatic heterocycles. The summed E-state index contributed by atoms with van der Waals surface area (Å²) < 4.78 is 15.9. The van der Waals surface area contributed by atoms with E-state index in [1.54, 1.807) is 31.4 Å². The lowest BCUT2D eigenvalue weighted by Crippen LogP contribution is -2.07. The van der Waals surface area contributed by atoms with Crippen LogP contribution in [0, 0.1) is 6.92 Å². The zero-order chi connectivity index (χ0) is 17.2. The fourth-order valence-electron chi connectivity index (χ4n) is 2.50. The van der Waals surface area contributed by atoms with Crippen LogP contribution in [0.15, 0.2) is 57.6 Å². The summed E-state index contributed by atoms with van der Waals surface area (Å²) in [5, 5.41) is 8.21. The molecule has 0 radical (unpaired) electrons. The van der Waals surface area contributed by atoms with E-state index < -0.39 is 5.97 Å². The topological polar surface area (TPSA) is 91.2 Å². The zero-order valence-corrected chi connectivity index (χ0v) is 13.3. The lowest BCUT2D eigenvalue weighted by molar-refractivity contribution is 0.0439. The Morgan fingerprint density at radius 1 is 1.16 bits per heavy atom. The molecule has 0 fully saturated rings. The van der Waals surface area contributed by atoms with E-state index in [1.165, 1.54) is 0 Å². The van der Waals surface area contributed by atoms with E-state index in [1.807, 2.05) is 24.3 Å². The van der Waals surface area contributed by atoms with Crippen LogP contribution in [0.1, 0.15) is 22.1 Å². The van der Waals surface area contributed by atoms with Gasteiger partial charge in [0, 0.05) is 12.3 Å². The van der Waals surface area contributed by atoms with Gasteiger partial charge in [-0.15, -0.1) is 10.2 Å². The number of carbonyl (C=O) groups excluding carboxylic acids is 1. The Morgan fingerprint density at radius 3 is 2.80 bits per heavy atom. The lowest BCUT2D eigenvalue weighted by Gasteiger charge is -2.08. The van der Waals surface area contributed by atoms with Crippen molar-refractivity contribution in [2.45, 2.75) is 13.5 Å². The number of aryl methyl sites for hydroxylation is 1. The second-order valence-corrected chi connectivity index (χ2v) is 5.34. The summed E-state index contributed by atoms with van der Waals surface area (Å²) in [4.78, 5) is 17.1. The van der Waals surface area contributed by atoms with Gasteiger partial charge in [0.05, 0.1) is 17.3 Å². The summed E-state index contributed by atoms with van der Waals surface area (Å²) in [5.41, 5.74) is 1.63. The number of aromatic nitrogens is 3. The molecule has 7 nitrogen and oxygen atoms in total. The summed E-state index contributed by atoms with van der Waals surface area (Å²) in [6, 6.07) is 12.6. The molecule has 0 bridgehead atoms. The highest BCUT2D eigenvalue weighted by Crippen LogP contribution is 2.25. The van der Waals surface area contributed by atoms with Gasteiger partial charge in [0.2, 0.25) is 5.89 Å². The Bertz CT molecular complexity index is 1040. The van der Waals surface area contributed by atoms with Gasteiger partial charge in [0.25, 0.3) is 5.89 Å². The third kappa shape index (κ3) is 2.99. The number of hydrogen-bond donors (Lipinski definition) is 0. The van der Waals surface area contributed by atoms with Crippen LogP contribution in [0.4, 0.5) is 0 Å². The summed E-state index contributed by atoms with van der Waals surface area (Å²) in [6.07, 6.45) is 1.56. The van der Waals surface area contributed by atoms with Gasteiger partial charge < -0.3 is 13.6 Å². The average molecular weight is 335 g/mol. The maximum Gasteiger partial charge on any atom is 0.339 e. The molecule has 4 aromatic rings. The fourth-order valence-corrected chi connectivity index (χ4v) is 2.50. The molecule has 7 heteroatoms. The zero-order valence-electron chi connectivity index (χ0n) is 13.3. The van der Waals surface area contributed by atoms with Crippen LogP contribution in [0.25, 0.3) is 22.4 Å². The molecule has 3 heterocycles. The first kappa shape index (κ1) is 15.1. The number of pyridine rings is 1.